The lowest BCUT2D eigenvalue weighted by atomic mass is 10.1. The second-order valence-corrected chi connectivity index (χ2v) is 8.48. The van der Waals surface area contributed by atoms with Crippen molar-refractivity contribution in [1.82, 2.24) is 4.90 Å². The van der Waals surface area contributed by atoms with Crippen LogP contribution >= 0.6 is 0 Å². The molecule has 0 N–H and O–H groups in total. The molecular weight excluding hydrogens is 444 g/mol. The van der Waals surface area contributed by atoms with Crippen LogP contribution in [0.1, 0.15) is 34.8 Å². The molecule has 1 saturated heterocycles. The van der Waals surface area contributed by atoms with Crippen molar-refractivity contribution in [2.45, 2.75) is 32.7 Å². The maximum absolute atomic E-state index is 13.5. The number of rotatable bonds is 7. The summed E-state index contributed by atoms with van der Waals surface area (Å²) < 4.78 is 5.03. The summed E-state index contributed by atoms with van der Waals surface area (Å²) in [7, 11) is 0. The zero-order valence-electron chi connectivity index (χ0n) is 19.6. The molecule has 7 nitrogen and oxygen atoms in total. The molecule has 1 unspecified atom stereocenters. The average molecular weight is 471 g/mol. The Hall–Kier alpha value is -4.26. The van der Waals surface area contributed by atoms with Crippen LogP contribution in [0.3, 0.4) is 0 Å². The molecule has 0 aliphatic carbocycles. The first-order valence-corrected chi connectivity index (χ1v) is 11.4. The number of nitrogens with zero attached hydrogens (tertiary/aromatic N) is 2. The number of imide groups is 1. The van der Waals surface area contributed by atoms with E-state index in [2.05, 4.69) is 0 Å². The number of esters is 1. The Balaban J connectivity index is 1.61. The van der Waals surface area contributed by atoms with Gasteiger partial charge in [0.1, 0.15) is 11.8 Å². The Morgan fingerprint density at radius 2 is 1.69 bits per heavy atom. The summed E-state index contributed by atoms with van der Waals surface area (Å²) in [4.78, 5) is 53.7. The fraction of sp³-hybridized carbons (Fsp3) is 0.214. The molecule has 0 radical (unpaired) electrons. The van der Waals surface area contributed by atoms with Crippen molar-refractivity contribution in [2.75, 3.05) is 11.4 Å². The molecule has 0 spiro atoms. The quantitative estimate of drug-likeness (QED) is 0.297. The number of benzene rings is 3. The maximum Gasteiger partial charge on any atom is 0.308 e. The summed E-state index contributed by atoms with van der Waals surface area (Å²) in [5, 5.41) is 0. The fourth-order valence-corrected chi connectivity index (χ4v) is 4.20. The first-order chi connectivity index (χ1) is 16.8. The molecule has 4 rings (SSSR count). The van der Waals surface area contributed by atoms with E-state index in [-0.39, 0.29) is 18.2 Å². The van der Waals surface area contributed by atoms with Gasteiger partial charge in [0.2, 0.25) is 5.91 Å². The van der Waals surface area contributed by atoms with E-state index in [0.29, 0.717) is 30.0 Å². The molecule has 1 heterocycles. The van der Waals surface area contributed by atoms with Crippen LogP contribution in [0, 0.1) is 6.92 Å². The highest BCUT2D eigenvalue weighted by atomic mass is 16.5. The zero-order valence-corrected chi connectivity index (χ0v) is 19.6. The van der Waals surface area contributed by atoms with Crippen molar-refractivity contribution in [3.05, 3.63) is 95.6 Å². The highest BCUT2D eigenvalue weighted by Gasteiger charge is 2.44. The minimum atomic E-state index is -0.910. The molecular formula is C28H26N2O5. The van der Waals surface area contributed by atoms with Crippen molar-refractivity contribution in [3.8, 4) is 5.75 Å². The molecule has 3 amide bonds. The molecule has 1 fully saturated rings. The van der Waals surface area contributed by atoms with Crippen LogP contribution in [0.15, 0.2) is 78.9 Å². The smallest absolute Gasteiger partial charge is 0.308 e. The van der Waals surface area contributed by atoms with E-state index in [4.69, 9.17) is 4.74 Å². The third kappa shape index (κ3) is 5.46. The minimum absolute atomic E-state index is 0.100. The van der Waals surface area contributed by atoms with E-state index in [9.17, 15) is 19.2 Å². The molecule has 0 aromatic heterocycles. The van der Waals surface area contributed by atoms with E-state index in [1.165, 1.54) is 24.0 Å². The molecule has 0 bridgehead atoms. The van der Waals surface area contributed by atoms with Crippen LogP contribution in [0.4, 0.5) is 5.69 Å². The van der Waals surface area contributed by atoms with Crippen molar-refractivity contribution < 1.29 is 23.9 Å². The monoisotopic (exact) mass is 470 g/mol. The van der Waals surface area contributed by atoms with E-state index >= 15 is 0 Å². The summed E-state index contributed by atoms with van der Waals surface area (Å²) in [5.41, 5.74) is 2.80. The van der Waals surface area contributed by atoms with E-state index in [1.54, 1.807) is 30.3 Å². The van der Waals surface area contributed by atoms with Gasteiger partial charge in [-0.2, -0.15) is 0 Å². The Morgan fingerprint density at radius 3 is 2.34 bits per heavy atom. The Morgan fingerprint density at radius 1 is 0.971 bits per heavy atom. The predicted molar refractivity (Wildman–Crippen MR) is 131 cm³/mol. The molecule has 3 aromatic rings. The van der Waals surface area contributed by atoms with Gasteiger partial charge in [0.05, 0.1) is 12.1 Å². The number of amides is 3. The van der Waals surface area contributed by atoms with Gasteiger partial charge in [-0.05, 0) is 55.3 Å². The van der Waals surface area contributed by atoms with Gasteiger partial charge in [0, 0.05) is 19.0 Å². The Labute approximate surface area is 203 Å². The fourth-order valence-electron chi connectivity index (χ4n) is 4.20. The summed E-state index contributed by atoms with van der Waals surface area (Å²) in [6.45, 7) is 3.48. The van der Waals surface area contributed by atoms with Gasteiger partial charge in [0.15, 0.2) is 0 Å². The average Bonchev–Trinajstić information content (AvgIpc) is 3.13. The second kappa shape index (κ2) is 10.3. The highest BCUT2D eigenvalue weighted by molar-refractivity contribution is 6.23. The van der Waals surface area contributed by atoms with Crippen molar-refractivity contribution >= 4 is 29.4 Å². The molecule has 1 atom stereocenters. The molecule has 0 saturated carbocycles. The third-order valence-corrected chi connectivity index (χ3v) is 5.87. The van der Waals surface area contributed by atoms with Gasteiger partial charge >= 0.3 is 5.97 Å². The molecule has 1 aliphatic heterocycles. The number of hydrogen-bond acceptors (Lipinski definition) is 5. The first-order valence-electron chi connectivity index (χ1n) is 11.4. The topological polar surface area (TPSA) is 84.0 Å². The maximum atomic E-state index is 13.5. The molecule has 3 aromatic carbocycles. The SMILES string of the molecule is CC(=O)Oc1ccc(N2C(=O)CC(N(CCc3ccccc3)C(=O)c3cccc(C)c3)C2=O)cc1. The normalized spacial score (nSPS) is 15.3. The lowest BCUT2D eigenvalue weighted by Gasteiger charge is -2.28. The van der Waals surface area contributed by atoms with Crippen LogP contribution < -0.4 is 9.64 Å². The van der Waals surface area contributed by atoms with E-state index < -0.39 is 17.9 Å². The number of ether oxygens (including phenoxy) is 1. The lowest BCUT2D eigenvalue weighted by molar-refractivity contribution is -0.132. The summed E-state index contributed by atoms with van der Waals surface area (Å²) in [5.74, 6) is -1.28. The van der Waals surface area contributed by atoms with E-state index in [1.807, 2.05) is 43.3 Å². The largest absolute Gasteiger partial charge is 0.427 e. The second-order valence-electron chi connectivity index (χ2n) is 8.48. The van der Waals surface area contributed by atoms with E-state index in [0.717, 1.165) is 16.0 Å². The van der Waals surface area contributed by atoms with Gasteiger partial charge in [-0.25, -0.2) is 4.90 Å². The molecule has 35 heavy (non-hydrogen) atoms. The van der Waals surface area contributed by atoms with Crippen LogP contribution in [-0.4, -0.2) is 41.2 Å². The number of carbonyl (C=O) groups is 4. The lowest BCUT2D eigenvalue weighted by Crippen LogP contribution is -2.46. The number of hydrogen-bond donors (Lipinski definition) is 0. The van der Waals surface area contributed by atoms with Gasteiger partial charge in [0.25, 0.3) is 11.8 Å². The Bertz CT molecular complexity index is 1250. The van der Waals surface area contributed by atoms with Crippen molar-refractivity contribution in [2.24, 2.45) is 0 Å². The van der Waals surface area contributed by atoms with Crippen LogP contribution in [-0.2, 0) is 20.8 Å². The third-order valence-electron chi connectivity index (χ3n) is 5.87. The van der Waals surface area contributed by atoms with Crippen LogP contribution in [0.25, 0.3) is 0 Å². The number of carbonyl (C=O) groups excluding carboxylic acids is 4. The van der Waals surface area contributed by atoms with Crippen molar-refractivity contribution in [3.63, 3.8) is 0 Å². The molecule has 7 heteroatoms. The summed E-state index contributed by atoms with van der Waals surface area (Å²) in [6.07, 6.45) is 0.449. The van der Waals surface area contributed by atoms with Gasteiger partial charge < -0.3 is 9.64 Å². The van der Waals surface area contributed by atoms with Crippen molar-refractivity contribution in [1.29, 1.82) is 0 Å². The number of anilines is 1. The molecule has 1 aliphatic rings. The highest BCUT2D eigenvalue weighted by Crippen LogP contribution is 2.28. The minimum Gasteiger partial charge on any atom is -0.427 e. The number of aryl methyl sites for hydroxylation is 1. The summed E-state index contributed by atoms with van der Waals surface area (Å²) in [6, 6.07) is 22.1. The van der Waals surface area contributed by atoms with Crippen LogP contribution in [0.2, 0.25) is 0 Å². The van der Waals surface area contributed by atoms with Gasteiger partial charge in [-0.3, -0.25) is 19.2 Å². The van der Waals surface area contributed by atoms with Gasteiger partial charge in [-0.1, -0.05) is 48.0 Å². The standard InChI is InChI=1S/C28H26N2O5/c1-19-7-6-10-22(17-19)27(33)29(16-15-21-8-4-3-5-9-21)25-18-26(32)30(28(25)34)23-11-13-24(14-12-23)35-20(2)31/h3-14,17,25H,15-16,18H2,1-2H3. The summed E-state index contributed by atoms with van der Waals surface area (Å²) >= 11 is 0. The predicted octanol–water partition coefficient (Wildman–Crippen LogP) is 3.94. The molecule has 178 valence electrons. The first kappa shape index (κ1) is 23.9. The Kier molecular flexibility index (Phi) is 7.06. The van der Waals surface area contributed by atoms with Crippen LogP contribution in [0.5, 0.6) is 5.75 Å². The van der Waals surface area contributed by atoms with Gasteiger partial charge in [-0.15, -0.1) is 0 Å². The zero-order chi connectivity index (χ0) is 24.9.